The fourth-order valence-electron chi connectivity index (χ4n) is 2.31. The summed E-state index contributed by atoms with van der Waals surface area (Å²) < 4.78 is 11.3. The molecular weight excluding hydrogens is 302 g/mol. The molecule has 0 radical (unpaired) electrons. The molecule has 1 aliphatic carbocycles. The molecule has 0 aromatic heterocycles. The standard InChI is InChI=1S/C20H23NO3/c22-20(21-13-4-14-23-15-16-7-8-16)17-9-11-19(12-10-17)24-18-5-2-1-3-6-18/h1-3,5-6,9-12,16H,4,7-8,13-15H2,(H,21,22). The first-order valence-corrected chi connectivity index (χ1v) is 8.50. The van der Waals surface area contributed by atoms with E-state index in [0.29, 0.717) is 24.5 Å². The Bertz CT molecular complexity index is 636. The van der Waals surface area contributed by atoms with Crippen LogP contribution in [0.4, 0.5) is 0 Å². The van der Waals surface area contributed by atoms with Crippen LogP contribution >= 0.6 is 0 Å². The van der Waals surface area contributed by atoms with E-state index >= 15 is 0 Å². The number of amides is 1. The molecule has 4 heteroatoms. The van der Waals surface area contributed by atoms with Crippen molar-refractivity contribution >= 4 is 5.91 Å². The van der Waals surface area contributed by atoms with Crippen LogP contribution in [0.1, 0.15) is 29.6 Å². The summed E-state index contributed by atoms with van der Waals surface area (Å²) in [5.41, 5.74) is 0.634. The topological polar surface area (TPSA) is 47.6 Å². The van der Waals surface area contributed by atoms with Crippen LogP contribution in [0.3, 0.4) is 0 Å². The van der Waals surface area contributed by atoms with E-state index in [1.54, 1.807) is 24.3 Å². The zero-order valence-corrected chi connectivity index (χ0v) is 13.7. The molecular formula is C20H23NO3. The highest BCUT2D eigenvalue weighted by Gasteiger charge is 2.20. The number of benzene rings is 2. The van der Waals surface area contributed by atoms with Crippen LogP contribution in [0, 0.1) is 5.92 Å². The van der Waals surface area contributed by atoms with Gasteiger partial charge in [0.05, 0.1) is 0 Å². The number of carbonyl (C=O) groups is 1. The van der Waals surface area contributed by atoms with Crippen LogP contribution in [0.2, 0.25) is 0 Å². The van der Waals surface area contributed by atoms with Crippen molar-refractivity contribution in [3.8, 4) is 11.5 Å². The van der Waals surface area contributed by atoms with E-state index < -0.39 is 0 Å². The lowest BCUT2D eigenvalue weighted by atomic mass is 10.2. The maximum absolute atomic E-state index is 12.1. The van der Waals surface area contributed by atoms with E-state index in [1.165, 1.54) is 12.8 Å². The molecule has 24 heavy (non-hydrogen) atoms. The van der Waals surface area contributed by atoms with Crippen molar-refractivity contribution < 1.29 is 14.3 Å². The average Bonchev–Trinajstić information content (AvgIpc) is 3.44. The number of carbonyl (C=O) groups excluding carboxylic acids is 1. The Kier molecular flexibility index (Phi) is 5.85. The van der Waals surface area contributed by atoms with Gasteiger partial charge >= 0.3 is 0 Å². The van der Waals surface area contributed by atoms with Crippen LogP contribution in [0.15, 0.2) is 54.6 Å². The third kappa shape index (κ3) is 5.39. The molecule has 0 unspecified atom stereocenters. The minimum Gasteiger partial charge on any atom is -0.457 e. The van der Waals surface area contributed by atoms with Crippen LogP contribution in [-0.4, -0.2) is 25.7 Å². The molecule has 0 aliphatic heterocycles. The first-order valence-electron chi connectivity index (χ1n) is 8.50. The van der Waals surface area contributed by atoms with Gasteiger partial charge in [0.2, 0.25) is 0 Å². The van der Waals surface area contributed by atoms with Crippen molar-refractivity contribution in [3.63, 3.8) is 0 Å². The highest BCUT2D eigenvalue weighted by Crippen LogP contribution is 2.28. The van der Waals surface area contributed by atoms with E-state index in [0.717, 1.165) is 24.7 Å². The Morgan fingerprint density at radius 2 is 1.71 bits per heavy atom. The smallest absolute Gasteiger partial charge is 0.251 e. The van der Waals surface area contributed by atoms with E-state index in [-0.39, 0.29) is 5.91 Å². The van der Waals surface area contributed by atoms with Gasteiger partial charge in [-0.3, -0.25) is 4.79 Å². The van der Waals surface area contributed by atoms with E-state index in [2.05, 4.69) is 5.32 Å². The molecule has 1 fully saturated rings. The van der Waals surface area contributed by atoms with Crippen LogP contribution < -0.4 is 10.1 Å². The second kappa shape index (κ2) is 8.50. The maximum Gasteiger partial charge on any atom is 0.251 e. The molecule has 1 aliphatic rings. The van der Waals surface area contributed by atoms with Crippen molar-refractivity contribution in [2.75, 3.05) is 19.8 Å². The van der Waals surface area contributed by atoms with Crippen LogP contribution in [-0.2, 0) is 4.74 Å². The van der Waals surface area contributed by atoms with Crippen molar-refractivity contribution in [2.24, 2.45) is 5.92 Å². The summed E-state index contributed by atoms with van der Waals surface area (Å²) in [5.74, 6) is 2.21. The summed E-state index contributed by atoms with van der Waals surface area (Å²) in [6, 6.07) is 16.7. The fourth-order valence-corrected chi connectivity index (χ4v) is 2.31. The monoisotopic (exact) mass is 325 g/mol. The summed E-state index contributed by atoms with van der Waals surface area (Å²) in [5, 5.41) is 2.91. The van der Waals surface area contributed by atoms with Gasteiger partial charge in [0.25, 0.3) is 5.91 Å². The zero-order valence-electron chi connectivity index (χ0n) is 13.7. The summed E-state index contributed by atoms with van der Waals surface area (Å²) in [6.07, 6.45) is 3.45. The summed E-state index contributed by atoms with van der Waals surface area (Å²) >= 11 is 0. The molecule has 126 valence electrons. The number of ether oxygens (including phenoxy) is 2. The minimum atomic E-state index is -0.0662. The Morgan fingerprint density at radius 3 is 2.42 bits per heavy atom. The van der Waals surface area contributed by atoms with Crippen molar-refractivity contribution in [2.45, 2.75) is 19.3 Å². The van der Waals surface area contributed by atoms with Gasteiger partial charge in [-0.15, -0.1) is 0 Å². The SMILES string of the molecule is O=C(NCCCOCC1CC1)c1ccc(Oc2ccccc2)cc1. The summed E-state index contributed by atoms with van der Waals surface area (Å²) in [4.78, 5) is 12.1. The molecule has 4 nitrogen and oxygen atoms in total. The van der Waals surface area contributed by atoms with Crippen molar-refractivity contribution in [3.05, 3.63) is 60.2 Å². The molecule has 1 amide bonds. The Balaban J connectivity index is 1.38. The average molecular weight is 325 g/mol. The Labute approximate surface area is 142 Å². The molecule has 0 saturated heterocycles. The quantitative estimate of drug-likeness (QED) is 0.708. The van der Waals surface area contributed by atoms with E-state index in [9.17, 15) is 4.79 Å². The summed E-state index contributed by atoms with van der Waals surface area (Å²) in [7, 11) is 0. The molecule has 1 N–H and O–H groups in total. The number of hydrogen-bond donors (Lipinski definition) is 1. The molecule has 0 spiro atoms. The third-order valence-corrected chi connectivity index (χ3v) is 3.90. The van der Waals surface area contributed by atoms with Gasteiger partial charge in [0.15, 0.2) is 0 Å². The lowest BCUT2D eigenvalue weighted by molar-refractivity contribution is 0.0937. The normalized spacial score (nSPS) is 13.5. The Hall–Kier alpha value is -2.33. The van der Waals surface area contributed by atoms with Gasteiger partial charge in [0, 0.05) is 25.3 Å². The first kappa shape index (κ1) is 16.5. The zero-order chi connectivity index (χ0) is 16.6. The highest BCUT2D eigenvalue weighted by atomic mass is 16.5. The van der Waals surface area contributed by atoms with Gasteiger partial charge in [-0.2, -0.15) is 0 Å². The lowest BCUT2D eigenvalue weighted by Gasteiger charge is -2.08. The molecule has 0 heterocycles. The van der Waals surface area contributed by atoms with E-state index in [4.69, 9.17) is 9.47 Å². The molecule has 1 saturated carbocycles. The first-order chi connectivity index (χ1) is 11.8. The minimum absolute atomic E-state index is 0.0662. The number of para-hydroxylation sites is 1. The number of rotatable bonds is 9. The third-order valence-electron chi connectivity index (χ3n) is 3.90. The highest BCUT2D eigenvalue weighted by molar-refractivity contribution is 5.94. The predicted octanol–water partition coefficient (Wildman–Crippen LogP) is 4.03. The lowest BCUT2D eigenvalue weighted by Crippen LogP contribution is -2.25. The van der Waals surface area contributed by atoms with Gasteiger partial charge in [0.1, 0.15) is 11.5 Å². The van der Waals surface area contributed by atoms with Gasteiger partial charge < -0.3 is 14.8 Å². The predicted molar refractivity (Wildman–Crippen MR) is 93.5 cm³/mol. The molecule has 2 aromatic carbocycles. The molecule has 3 rings (SSSR count). The second-order valence-electron chi connectivity index (χ2n) is 6.07. The summed E-state index contributed by atoms with van der Waals surface area (Å²) in [6.45, 7) is 2.21. The Morgan fingerprint density at radius 1 is 1.00 bits per heavy atom. The van der Waals surface area contributed by atoms with E-state index in [1.807, 2.05) is 30.3 Å². The van der Waals surface area contributed by atoms with Crippen LogP contribution in [0.5, 0.6) is 11.5 Å². The largest absolute Gasteiger partial charge is 0.457 e. The van der Waals surface area contributed by atoms with Crippen molar-refractivity contribution in [1.29, 1.82) is 0 Å². The number of hydrogen-bond acceptors (Lipinski definition) is 3. The number of nitrogens with one attached hydrogen (secondary N) is 1. The van der Waals surface area contributed by atoms with Crippen LogP contribution in [0.25, 0.3) is 0 Å². The fraction of sp³-hybridized carbons (Fsp3) is 0.350. The maximum atomic E-state index is 12.1. The molecule has 2 aromatic rings. The van der Waals surface area contributed by atoms with Crippen molar-refractivity contribution in [1.82, 2.24) is 5.32 Å². The second-order valence-corrected chi connectivity index (χ2v) is 6.07. The molecule has 0 bridgehead atoms. The molecule has 0 atom stereocenters. The van der Waals surface area contributed by atoms with Gasteiger partial charge in [-0.1, -0.05) is 18.2 Å². The van der Waals surface area contributed by atoms with Gasteiger partial charge in [-0.05, 0) is 61.6 Å². The van der Waals surface area contributed by atoms with Gasteiger partial charge in [-0.25, -0.2) is 0 Å².